The minimum Gasteiger partial charge on any atom is -0.337 e. The summed E-state index contributed by atoms with van der Waals surface area (Å²) in [4.78, 5) is 35.9. The standard InChI is InChI=1S/C23H16ClN5O3S2/c1-29(12-18-27-20(28-32-18)17-6-3-11-33-17)23(31)21(30)25-14-9-7-13(8-10-14)22-26-16-5-2-4-15(24)19(16)34-22/h2-11H,12H2,1H3,(H,25,30). The minimum absolute atomic E-state index is 0.0176. The van der Waals surface area contributed by atoms with E-state index < -0.39 is 11.8 Å². The lowest BCUT2D eigenvalue weighted by Crippen LogP contribution is -2.36. The highest BCUT2D eigenvalue weighted by Gasteiger charge is 2.21. The first-order chi connectivity index (χ1) is 16.5. The zero-order valence-corrected chi connectivity index (χ0v) is 20.1. The SMILES string of the molecule is CN(Cc1nc(-c2cccs2)no1)C(=O)C(=O)Nc1ccc(-c2nc3cccc(Cl)c3s2)cc1. The molecule has 0 radical (unpaired) electrons. The topological polar surface area (TPSA) is 101 Å². The molecule has 0 saturated heterocycles. The number of benzene rings is 2. The maximum atomic E-state index is 12.5. The number of aromatic nitrogens is 3. The molecule has 0 spiro atoms. The number of halogens is 1. The molecule has 0 aliphatic heterocycles. The van der Waals surface area contributed by atoms with Gasteiger partial charge in [-0.1, -0.05) is 28.9 Å². The number of carbonyl (C=O) groups excluding carboxylic acids is 2. The van der Waals surface area contributed by atoms with E-state index in [1.165, 1.54) is 34.6 Å². The third-order valence-corrected chi connectivity index (χ3v) is 7.33. The van der Waals surface area contributed by atoms with Crippen LogP contribution in [-0.2, 0) is 16.1 Å². The second-order valence-corrected chi connectivity index (χ2v) is 9.64. The summed E-state index contributed by atoms with van der Waals surface area (Å²) in [6.07, 6.45) is 0. The van der Waals surface area contributed by atoms with Crippen molar-refractivity contribution in [2.75, 3.05) is 12.4 Å². The fourth-order valence-corrected chi connectivity index (χ4v) is 5.10. The number of thiazole rings is 1. The number of carbonyl (C=O) groups is 2. The number of anilines is 1. The van der Waals surface area contributed by atoms with E-state index in [0.717, 1.165) is 25.7 Å². The maximum absolute atomic E-state index is 12.5. The van der Waals surface area contributed by atoms with Gasteiger partial charge in [0, 0.05) is 18.3 Å². The summed E-state index contributed by atoms with van der Waals surface area (Å²) in [5.74, 6) is -0.793. The zero-order valence-electron chi connectivity index (χ0n) is 17.7. The third kappa shape index (κ3) is 4.56. The van der Waals surface area contributed by atoms with Crippen molar-refractivity contribution in [1.29, 1.82) is 0 Å². The van der Waals surface area contributed by atoms with Crippen LogP contribution < -0.4 is 5.32 Å². The Balaban J connectivity index is 1.22. The van der Waals surface area contributed by atoms with Crippen LogP contribution >= 0.6 is 34.3 Å². The summed E-state index contributed by atoms with van der Waals surface area (Å²) in [7, 11) is 1.50. The normalized spacial score (nSPS) is 11.0. The number of hydrogen-bond donors (Lipinski definition) is 1. The molecular formula is C23H16ClN5O3S2. The van der Waals surface area contributed by atoms with Crippen LogP contribution in [0.15, 0.2) is 64.5 Å². The molecule has 0 fully saturated rings. The van der Waals surface area contributed by atoms with Crippen molar-refractivity contribution in [2.45, 2.75) is 6.54 Å². The molecule has 3 heterocycles. The molecule has 0 atom stereocenters. The van der Waals surface area contributed by atoms with Gasteiger partial charge >= 0.3 is 11.8 Å². The third-order valence-electron chi connectivity index (χ3n) is 4.88. The summed E-state index contributed by atoms with van der Waals surface area (Å²) in [5, 5.41) is 9.92. The van der Waals surface area contributed by atoms with Crippen LogP contribution in [0.3, 0.4) is 0 Å². The number of amides is 2. The number of rotatable bonds is 5. The van der Waals surface area contributed by atoms with Crippen LogP contribution in [0.1, 0.15) is 5.89 Å². The summed E-state index contributed by atoms with van der Waals surface area (Å²) < 4.78 is 6.12. The van der Waals surface area contributed by atoms with E-state index in [2.05, 4.69) is 20.4 Å². The molecule has 170 valence electrons. The molecule has 5 rings (SSSR count). The maximum Gasteiger partial charge on any atom is 0.313 e. The molecule has 11 heteroatoms. The van der Waals surface area contributed by atoms with Crippen molar-refractivity contribution < 1.29 is 14.1 Å². The first-order valence-corrected chi connectivity index (χ1v) is 12.1. The number of nitrogens with one attached hydrogen (secondary N) is 1. The molecule has 0 saturated carbocycles. The van der Waals surface area contributed by atoms with Crippen molar-refractivity contribution in [3.8, 4) is 21.3 Å². The largest absolute Gasteiger partial charge is 0.337 e. The van der Waals surface area contributed by atoms with Gasteiger partial charge in [-0.15, -0.1) is 22.7 Å². The fraction of sp³-hybridized carbons (Fsp3) is 0.0870. The Morgan fingerprint density at radius 1 is 1.09 bits per heavy atom. The Morgan fingerprint density at radius 3 is 2.65 bits per heavy atom. The van der Waals surface area contributed by atoms with Crippen LogP contribution in [0.2, 0.25) is 5.02 Å². The van der Waals surface area contributed by atoms with Crippen molar-refractivity contribution in [3.05, 3.63) is 70.9 Å². The molecule has 2 amide bonds. The van der Waals surface area contributed by atoms with Crippen LogP contribution in [0.4, 0.5) is 5.69 Å². The second kappa shape index (κ2) is 9.34. The van der Waals surface area contributed by atoms with E-state index in [-0.39, 0.29) is 12.4 Å². The monoisotopic (exact) mass is 509 g/mol. The average molecular weight is 510 g/mol. The summed E-state index contributed by atoms with van der Waals surface area (Å²) in [6.45, 7) is 0.0176. The van der Waals surface area contributed by atoms with Gasteiger partial charge in [-0.25, -0.2) is 4.98 Å². The van der Waals surface area contributed by atoms with Gasteiger partial charge in [-0.3, -0.25) is 9.59 Å². The Labute approximate surface area is 206 Å². The lowest BCUT2D eigenvalue weighted by atomic mass is 10.2. The summed E-state index contributed by atoms with van der Waals surface area (Å²) >= 11 is 9.22. The zero-order chi connectivity index (χ0) is 23.7. The first kappa shape index (κ1) is 22.2. The number of likely N-dealkylation sites (N-methyl/N-ethyl adjacent to an activating group) is 1. The van der Waals surface area contributed by atoms with Crippen molar-refractivity contribution in [3.63, 3.8) is 0 Å². The highest BCUT2D eigenvalue weighted by molar-refractivity contribution is 7.22. The first-order valence-electron chi connectivity index (χ1n) is 10.1. The second-order valence-electron chi connectivity index (χ2n) is 7.29. The highest BCUT2D eigenvalue weighted by atomic mass is 35.5. The van der Waals surface area contributed by atoms with Crippen LogP contribution in [0.25, 0.3) is 31.5 Å². The van der Waals surface area contributed by atoms with Crippen LogP contribution in [0.5, 0.6) is 0 Å². The highest BCUT2D eigenvalue weighted by Crippen LogP contribution is 2.34. The number of thiophene rings is 1. The van der Waals surface area contributed by atoms with Gasteiger partial charge in [0.2, 0.25) is 11.7 Å². The van der Waals surface area contributed by atoms with E-state index in [1.807, 2.05) is 47.8 Å². The van der Waals surface area contributed by atoms with Gasteiger partial charge < -0.3 is 14.7 Å². The van der Waals surface area contributed by atoms with E-state index in [0.29, 0.717) is 16.5 Å². The minimum atomic E-state index is -0.764. The Hall–Kier alpha value is -3.60. The van der Waals surface area contributed by atoms with Crippen molar-refractivity contribution in [2.24, 2.45) is 0 Å². The Morgan fingerprint density at radius 2 is 1.91 bits per heavy atom. The van der Waals surface area contributed by atoms with E-state index >= 15 is 0 Å². The van der Waals surface area contributed by atoms with Gasteiger partial charge in [0.25, 0.3) is 0 Å². The number of fused-ring (bicyclic) bond motifs is 1. The molecule has 2 aromatic carbocycles. The van der Waals surface area contributed by atoms with Crippen LogP contribution in [-0.4, -0.2) is 38.9 Å². The van der Waals surface area contributed by atoms with E-state index in [1.54, 1.807) is 12.1 Å². The van der Waals surface area contributed by atoms with Gasteiger partial charge in [0.05, 0.1) is 20.1 Å². The fourth-order valence-electron chi connectivity index (χ4n) is 3.19. The van der Waals surface area contributed by atoms with Crippen LogP contribution in [0, 0.1) is 0 Å². The molecular weight excluding hydrogens is 494 g/mol. The summed E-state index contributed by atoms with van der Waals surface area (Å²) in [6, 6.07) is 16.5. The molecule has 8 nitrogen and oxygen atoms in total. The predicted octanol–water partition coefficient (Wildman–Crippen LogP) is 5.33. The van der Waals surface area contributed by atoms with E-state index in [9.17, 15) is 9.59 Å². The lowest BCUT2D eigenvalue weighted by molar-refractivity contribution is -0.142. The Bertz CT molecular complexity index is 1480. The molecule has 0 aliphatic carbocycles. The summed E-state index contributed by atoms with van der Waals surface area (Å²) in [5.41, 5.74) is 2.21. The van der Waals surface area contributed by atoms with Crippen molar-refractivity contribution >= 4 is 62.0 Å². The molecule has 0 bridgehead atoms. The number of hydrogen-bond acceptors (Lipinski definition) is 8. The van der Waals surface area contributed by atoms with Gasteiger partial charge in [0.15, 0.2) is 0 Å². The predicted molar refractivity (Wildman–Crippen MR) is 133 cm³/mol. The molecule has 3 aromatic heterocycles. The van der Waals surface area contributed by atoms with Gasteiger partial charge in [-0.05, 0) is 47.8 Å². The molecule has 34 heavy (non-hydrogen) atoms. The molecule has 0 aliphatic rings. The quantitative estimate of drug-likeness (QED) is 0.321. The molecule has 0 unspecified atom stereocenters. The lowest BCUT2D eigenvalue weighted by Gasteiger charge is -2.14. The Kier molecular flexibility index (Phi) is 6.10. The molecule has 5 aromatic rings. The van der Waals surface area contributed by atoms with Gasteiger partial charge in [-0.2, -0.15) is 4.98 Å². The average Bonchev–Trinajstić information content (AvgIpc) is 3.60. The van der Waals surface area contributed by atoms with Gasteiger partial charge in [0.1, 0.15) is 11.6 Å². The smallest absolute Gasteiger partial charge is 0.313 e. The van der Waals surface area contributed by atoms with E-state index in [4.69, 9.17) is 16.1 Å². The number of nitrogens with zero attached hydrogens (tertiary/aromatic N) is 4. The van der Waals surface area contributed by atoms with Crippen molar-refractivity contribution in [1.82, 2.24) is 20.0 Å². The molecule has 1 N–H and O–H groups in total.